The molecule has 0 bridgehead atoms. The zero-order valence-electron chi connectivity index (χ0n) is 13.8. The van der Waals surface area contributed by atoms with Gasteiger partial charge in [-0.1, -0.05) is 18.2 Å². The minimum absolute atomic E-state index is 0.0565. The van der Waals surface area contributed by atoms with Crippen LogP contribution in [0.1, 0.15) is 36.8 Å². The van der Waals surface area contributed by atoms with Crippen molar-refractivity contribution in [2.24, 2.45) is 5.92 Å². The molecule has 124 valence electrons. The molecule has 4 rings (SSSR count). The molecule has 1 aliphatic heterocycles. The van der Waals surface area contributed by atoms with Gasteiger partial charge in [0.25, 0.3) is 0 Å². The van der Waals surface area contributed by atoms with Gasteiger partial charge < -0.3 is 14.3 Å². The summed E-state index contributed by atoms with van der Waals surface area (Å²) in [6.07, 6.45) is 1.59. The highest BCUT2D eigenvalue weighted by Crippen LogP contribution is 2.25. The summed E-state index contributed by atoms with van der Waals surface area (Å²) in [7, 11) is 0. The lowest BCUT2D eigenvalue weighted by Gasteiger charge is -2.24. The molecule has 1 aromatic carbocycles. The van der Waals surface area contributed by atoms with Crippen molar-refractivity contribution in [3.05, 3.63) is 47.7 Å². The zero-order chi connectivity index (χ0) is 16.7. The molecule has 6 heteroatoms. The van der Waals surface area contributed by atoms with Crippen LogP contribution in [-0.4, -0.2) is 20.7 Å². The molecule has 0 fully saturated rings. The number of aromatic nitrogens is 3. The van der Waals surface area contributed by atoms with Gasteiger partial charge in [-0.2, -0.15) is 0 Å². The van der Waals surface area contributed by atoms with E-state index in [1.165, 1.54) is 0 Å². The number of fused-ring (bicyclic) bond motifs is 2. The lowest BCUT2D eigenvalue weighted by atomic mass is 9.98. The summed E-state index contributed by atoms with van der Waals surface area (Å²) >= 11 is 0. The van der Waals surface area contributed by atoms with E-state index < -0.39 is 0 Å². The molecule has 0 spiro atoms. The Morgan fingerprint density at radius 3 is 3.04 bits per heavy atom. The van der Waals surface area contributed by atoms with Gasteiger partial charge in [-0.05, 0) is 32.4 Å². The molecule has 2 aromatic heterocycles. The monoisotopic (exact) mass is 324 g/mol. The maximum absolute atomic E-state index is 12.6. The van der Waals surface area contributed by atoms with Gasteiger partial charge in [0.15, 0.2) is 0 Å². The van der Waals surface area contributed by atoms with Crippen LogP contribution in [0.3, 0.4) is 0 Å². The number of aryl methyl sites for hydroxylation is 2. The molecule has 1 N–H and O–H groups in total. The minimum atomic E-state index is -0.159. The Hall–Kier alpha value is -2.63. The molecule has 3 aromatic rings. The number of nitrogens with one attached hydrogen (secondary N) is 1. The van der Waals surface area contributed by atoms with E-state index in [0.29, 0.717) is 6.54 Å². The molecular weight excluding hydrogens is 304 g/mol. The Balaban J connectivity index is 1.47. The predicted octanol–water partition coefficient (Wildman–Crippen LogP) is 2.77. The van der Waals surface area contributed by atoms with Crippen LogP contribution in [0.5, 0.6) is 0 Å². The first kappa shape index (κ1) is 14.9. The van der Waals surface area contributed by atoms with Crippen LogP contribution >= 0.6 is 0 Å². The lowest BCUT2D eigenvalue weighted by Crippen LogP contribution is -2.37. The fraction of sp³-hybridized carbons (Fsp3) is 0.389. The van der Waals surface area contributed by atoms with Crippen molar-refractivity contribution in [1.82, 2.24) is 20.1 Å². The van der Waals surface area contributed by atoms with Crippen molar-refractivity contribution < 1.29 is 9.21 Å². The molecule has 6 nitrogen and oxygen atoms in total. The molecule has 1 amide bonds. The summed E-state index contributed by atoms with van der Waals surface area (Å²) in [5, 5.41) is 12.4. The van der Waals surface area contributed by atoms with E-state index in [9.17, 15) is 4.79 Å². The molecule has 0 radical (unpaired) electrons. The number of para-hydroxylation sites is 1. The SMILES string of the molecule is Cc1nnc2n1CC(C(=O)N[C@H](C)c1cc3ccccc3o1)CC2. The van der Waals surface area contributed by atoms with E-state index in [-0.39, 0.29) is 17.9 Å². The molecular formula is C18H20N4O2. The maximum atomic E-state index is 12.6. The number of hydrogen-bond donors (Lipinski definition) is 1. The Labute approximate surface area is 139 Å². The fourth-order valence-electron chi connectivity index (χ4n) is 3.29. The first-order valence-corrected chi connectivity index (χ1v) is 8.29. The highest BCUT2D eigenvalue weighted by atomic mass is 16.3. The Bertz CT molecular complexity index is 862. The van der Waals surface area contributed by atoms with Crippen LogP contribution in [0.25, 0.3) is 11.0 Å². The van der Waals surface area contributed by atoms with Gasteiger partial charge in [0.2, 0.25) is 5.91 Å². The molecule has 2 atom stereocenters. The zero-order valence-corrected chi connectivity index (χ0v) is 13.8. The third-order valence-electron chi connectivity index (χ3n) is 4.73. The summed E-state index contributed by atoms with van der Waals surface area (Å²) in [5.41, 5.74) is 0.844. The Kier molecular flexibility index (Phi) is 3.59. The highest BCUT2D eigenvalue weighted by molar-refractivity contribution is 5.80. The molecule has 3 heterocycles. The largest absolute Gasteiger partial charge is 0.459 e. The third kappa shape index (κ3) is 2.58. The van der Waals surface area contributed by atoms with Crippen LogP contribution < -0.4 is 5.32 Å². The van der Waals surface area contributed by atoms with Crippen molar-refractivity contribution in [2.75, 3.05) is 0 Å². The molecule has 1 aliphatic rings. The van der Waals surface area contributed by atoms with E-state index in [4.69, 9.17) is 4.42 Å². The van der Waals surface area contributed by atoms with Crippen LogP contribution in [0.2, 0.25) is 0 Å². The van der Waals surface area contributed by atoms with E-state index in [1.54, 1.807) is 0 Å². The van der Waals surface area contributed by atoms with Crippen LogP contribution in [0.15, 0.2) is 34.7 Å². The topological polar surface area (TPSA) is 73.0 Å². The molecule has 1 unspecified atom stereocenters. The van der Waals surface area contributed by atoms with Gasteiger partial charge in [0.1, 0.15) is 23.0 Å². The van der Waals surface area contributed by atoms with Gasteiger partial charge in [0.05, 0.1) is 12.0 Å². The van der Waals surface area contributed by atoms with Gasteiger partial charge in [-0.15, -0.1) is 10.2 Å². The van der Waals surface area contributed by atoms with Crippen molar-refractivity contribution in [2.45, 2.75) is 39.3 Å². The summed E-state index contributed by atoms with van der Waals surface area (Å²) < 4.78 is 7.88. The standard InChI is InChI=1S/C18H20N4O2/c1-11(16-9-13-5-3-4-6-15(13)24-16)19-18(23)14-7-8-17-21-20-12(2)22(17)10-14/h3-6,9,11,14H,7-8,10H2,1-2H3,(H,19,23)/t11-,14?/m1/s1. The van der Waals surface area contributed by atoms with Crippen LogP contribution in [-0.2, 0) is 17.8 Å². The number of carbonyl (C=O) groups is 1. The number of benzene rings is 1. The number of rotatable bonds is 3. The number of nitrogens with zero attached hydrogens (tertiary/aromatic N) is 3. The summed E-state index contributed by atoms with van der Waals surface area (Å²) in [5.74, 6) is 2.62. The van der Waals surface area contributed by atoms with Crippen LogP contribution in [0, 0.1) is 12.8 Å². The third-order valence-corrected chi connectivity index (χ3v) is 4.73. The van der Waals surface area contributed by atoms with Crippen molar-refractivity contribution in [3.63, 3.8) is 0 Å². The second-order valence-corrected chi connectivity index (χ2v) is 6.43. The second-order valence-electron chi connectivity index (χ2n) is 6.43. The first-order chi connectivity index (χ1) is 11.6. The van der Waals surface area contributed by atoms with Crippen molar-refractivity contribution >= 4 is 16.9 Å². The van der Waals surface area contributed by atoms with E-state index in [1.807, 2.05) is 48.7 Å². The first-order valence-electron chi connectivity index (χ1n) is 8.29. The normalized spacial score (nSPS) is 18.3. The molecule has 0 saturated heterocycles. The van der Waals surface area contributed by atoms with Crippen molar-refractivity contribution in [3.8, 4) is 0 Å². The molecule has 24 heavy (non-hydrogen) atoms. The highest BCUT2D eigenvalue weighted by Gasteiger charge is 2.28. The number of furan rings is 1. The van der Waals surface area contributed by atoms with E-state index >= 15 is 0 Å². The van der Waals surface area contributed by atoms with Gasteiger partial charge in [-0.3, -0.25) is 4.79 Å². The Morgan fingerprint density at radius 2 is 2.21 bits per heavy atom. The molecule has 0 aliphatic carbocycles. The Morgan fingerprint density at radius 1 is 1.38 bits per heavy atom. The smallest absolute Gasteiger partial charge is 0.225 e. The van der Waals surface area contributed by atoms with Gasteiger partial charge >= 0.3 is 0 Å². The second kappa shape index (κ2) is 5.78. The van der Waals surface area contributed by atoms with E-state index in [0.717, 1.165) is 41.2 Å². The summed E-state index contributed by atoms with van der Waals surface area (Å²) in [4.78, 5) is 12.6. The van der Waals surface area contributed by atoms with E-state index in [2.05, 4.69) is 15.5 Å². The average molecular weight is 324 g/mol. The van der Waals surface area contributed by atoms with Gasteiger partial charge in [-0.25, -0.2) is 0 Å². The summed E-state index contributed by atoms with van der Waals surface area (Å²) in [6.45, 7) is 4.52. The average Bonchev–Trinajstić information content (AvgIpc) is 3.18. The predicted molar refractivity (Wildman–Crippen MR) is 89.3 cm³/mol. The number of carbonyl (C=O) groups excluding carboxylic acids is 1. The quantitative estimate of drug-likeness (QED) is 0.804. The number of amides is 1. The van der Waals surface area contributed by atoms with Crippen LogP contribution in [0.4, 0.5) is 0 Å². The lowest BCUT2D eigenvalue weighted by molar-refractivity contribution is -0.126. The fourth-order valence-corrected chi connectivity index (χ4v) is 3.29. The number of hydrogen-bond acceptors (Lipinski definition) is 4. The maximum Gasteiger partial charge on any atom is 0.225 e. The summed E-state index contributed by atoms with van der Waals surface area (Å²) in [6, 6.07) is 9.70. The molecule has 0 saturated carbocycles. The van der Waals surface area contributed by atoms with Gasteiger partial charge in [0, 0.05) is 18.4 Å². The minimum Gasteiger partial charge on any atom is -0.459 e. The van der Waals surface area contributed by atoms with Crippen molar-refractivity contribution in [1.29, 1.82) is 0 Å².